The van der Waals surface area contributed by atoms with Crippen LogP contribution in [-0.2, 0) is 16.0 Å². The molecule has 1 amide bonds. The number of halogens is 3. The van der Waals surface area contributed by atoms with Crippen molar-refractivity contribution in [1.82, 2.24) is 10.3 Å². The second kappa shape index (κ2) is 9.78. The van der Waals surface area contributed by atoms with Crippen molar-refractivity contribution in [3.05, 3.63) is 17.3 Å². The molecule has 0 spiro atoms. The molecular formula is C24H33F3N2O5S. The third-order valence-corrected chi connectivity index (χ3v) is 10.0. The lowest BCUT2D eigenvalue weighted by Gasteiger charge is -2.40. The van der Waals surface area contributed by atoms with Crippen molar-refractivity contribution in [2.75, 3.05) is 26.5 Å². The fourth-order valence-electron chi connectivity index (χ4n) is 5.22. The van der Waals surface area contributed by atoms with Crippen LogP contribution in [-0.4, -0.2) is 51.1 Å². The Balaban J connectivity index is 1.48. The summed E-state index contributed by atoms with van der Waals surface area (Å²) >= 11 is 0. The third-order valence-electron chi connectivity index (χ3n) is 7.59. The molecule has 0 bridgehead atoms. The predicted molar refractivity (Wildman–Crippen MR) is 123 cm³/mol. The van der Waals surface area contributed by atoms with Crippen molar-refractivity contribution in [3.63, 3.8) is 0 Å². The van der Waals surface area contributed by atoms with Crippen molar-refractivity contribution >= 4 is 15.7 Å². The van der Waals surface area contributed by atoms with Gasteiger partial charge in [-0.15, -0.1) is 0 Å². The van der Waals surface area contributed by atoms with Gasteiger partial charge in [0.05, 0.1) is 25.2 Å². The van der Waals surface area contributed by atoms with Crippen LogP contribution in [0.5, 0.6) is 11.6 Å². The zero-order chi connectivity index (χ0) is 25.4. The molecule has 0 atom stereocenters. The zero-order valence-electron chi connectivity index (χ0n) is 20.1. The Morgan fingerprint density at radius 2 is 1.71 bits per heavy atom. The number of alkyl halides is 3. The first-order valence-electron chi connectivity index (χ1n) is 12.2. The maximum atomic E-state index is 13.2. The van der Waals surface area contributed by atoms with Gasteiger partial charge in [0.25, 0.3) is 5.91 Å². The van der Waals surface area contributed by atoms with E-state index in [-0.39, 0.29) is 27.7 Å². The topological polar surface area (TPSA) is 94.6 Å². The van der Waals surface area contributed by atoms with Gasteiger partial charge in [0.2, 0.25) is 5.88 Å². The van der Waals surface area contributed by atoms with Gasteiger partial charge < -0.3 is 14.8 Å². The van der Waals surface area contributed by atoms with Gasteiger partial charge in [-0.1, -0.05) is 12.8 Å². The average Bonchev–Trinajstić information content (AvgIpc) is 3.74. The molecule has 0 aromatic carbocycles. The minimum absolute atomic E-state index is 0.190. The summed E-state index contributed by atoms with van der Waals surface area (Å²) in [4.78, 5) is 16.6. The van der Waals surface area contributed by atoms with Crippen LogP contribution in [0.4, 0.5) is 13.2 Å². The molecule has 0 radical (unpaired) electrons. The highest BCUT2D eigenvalue weighted by Crippen LogP contribution is 2.49. The number of sulfone groups is 1. The van der Waals surface area contributed by atoms with Gasteiger partial charge in [0, 0.05) is 12.6 Å². The Kier molecular flexibility index (Phi) is 7.28. The zero-order valence-corrected chi connectivity index (χ0v) is 20.9. The van der Waals surface area contributed by atoms with Crippen LogP contribution in [0.1, 0.15) is 73.8 Å². The summed E-state index contributed by atoms with van der Waals surface area (Å²) in [6.07, 6.45) is 2.97. The molecule has 1 aromatic rings. The highest BCUT2D eigenvalue weighted by Gasteiger charge is 2.44. The summed E-state index contributed by atoms with van der Waals surface area (Å²) in [5, 5.41) is 2.55. The van der Waals surface area contributed by atoms with Gasteiger partial charge in [-0.3, -0.25) is 4.79 Å². The quantitative estimate of drug-likeness (QED) is 0.493. The van der Waals surface area contributed by atoms with E-state index in [1.54, 1.807) is 0 Å². The van der Waals surface area contributed by atoms with Gasteiger partial charge in [-0.2, -0.15) is 13.2 Å². The van der Waals surface area contributed by atoms with Crippen LogP contribution in [0.2, 0.25) is 0 Å². The average molecular weight is 519 g/mol. The Labute approximate surface area is 204 Å². The molecule has 3 fully saturated rings. The molecule has 3 aliphatic carbocycles. The number of nitrogens with zero attached hydrogens (tertiary/aromatic N) is 1. The van der Waals surface area contributed by atoms with E-state index in [2.05, 4.69) is 10.3 Å². The van der Waals surface area contributed by atoms with E-state index < -0.39 is 33.5 Å². The first-order chi connectivity index (χ1) is 16.5. The van der Waals surface area contributed by atoms with Gasteiger partial charge >= 0.3 is 6.18 Å². The summed E-state index contributed by atoms with van der Waals surface area (Å²) in [6.45, 7) is 0.311. The van der Waals surface area contributed by atoms with Crippen LogP contribution in [0.25, 0.3) is 0 Å². The van der Waals surface area contributed by atoms with Crippen LogP contribution < -0.4 is 14.8 Å². The van der Waals surface area contributed by atoms with Gasteiger partial charge in [0.1, 0.15) is 11.3 Å². The summed E-state index contributed by atoms with van der Waals surface area (Å²) in [6, 6.07) is 0.688. The molecule has 4 rings (SSSR count). The monoisotopic (exact) mass is 518 g/mol. The van der Waals surface area contributed by atoms with E-state index >= 15 is 0 Å². The molecule has 3 saturated carbocycles. The fraction of sp³-hybridized carbons (Fsp3) is 0.750. The fourth-order valence-corrected chi connectivity index (χ4v) is 7.43. The maximum absolute atomic E-state index is 13.2. The SMILES string of the molecule is COc1cc(C(F)(F)F)nc(OC)c1C(=O)NC[C@]1(CC2CC2)CC[C@H](S(=O)(=O)CC2CC2)CC1. The van der Waals surface area contributed by atoms with Crippen molar-refractivity contribution in [2.45, 2.75) is 69.2 Å². The number of rotatable bonds is 10. The first-order valence-corrected chi connectivity index (χ1v) is 13.9. The van der Waals surface area contributed by atoms with Crippen LogP contribution in [0.3, 0.4) is 0 Å². The number of nitrogens with one attached hydrogen (secondary N) is 1. The van der Waals surface area contributed by atoms with E-state index in [1.165, 1.54) is 7.11 Å². The molecule has 0 aliphatic heterocycles. The van der Waals surface area contributed by atoms with Crippen molar-refractivity contribution < 1.29 is 35.9 Å². The van der Waals surface area contributed by atoms with Gasteiger partial charge in [-0.25, -0.2) is 13.4 Å². The van der Waals surface area contributed by atoms with Crippen LogP contribution in [0, 0.1) is 17.3 Å². The molecule has 35 heavy (non-hydrogen) atoms. The Bertz CT molecular complexity index is 1020. The number of pyridine rings is 1. The minimum Gasteiger partial charge on any atom is -0.496 e. The number of ether oxygens (including phenoxy) is 2. The predicted octanol–water partition coefficient (Wildman–Crippen LogP) is 4.40. The van der Waals surface area contributed by atoms with E-state index in [4.69, 9.17) is 9.47 Å². The highest BCUT2D eigenvalue weighted by molar-refractivity contribution is 7.92. The lowest BCUT2D eigenvalue weighted by Crippen LogP contribution is -2.43. The number of hydrogen-bond donors (Lipinski definition) is 1. The van der Waals surface area contributed by atoms with Crippen molar-refractivity contribution in [1.29, 1.82) is 0 Å². The number of aromatic nitrogens is 1. The van der Waals surface area contributed by atoms with Gasteiger partial charge in [-0.05, 0) is 62.2 Å². The van der Waals surface area contributed by atoms with E-state index in [1.807, 2.05) is 0 Å². The maximum Gasteiger partial charge on any atom is 0.433 e. The molecule has 11 heteroatoms. The van der Waals surface area contributed by atoms with Crippen LogP contribution >= 0.6 is 0 Å². The smallest absolute Gasteiger partial charge is 0.433 e. The number of carbonyl (C=O) groups excluding carboxylic acids is 1. The highest BCUT2D eigenvalue weighted by atomic mass is 32.2. The lowest BCUT2D eigenvalue weighted by molar-refractivity contribution is -0.141. The Morgan fingerprint density at radius 3 is 2.23 bits per heavy atom. The van der Waals surface area contributed by atoms with E-state index in [0.717, 1.165) is 39.2 Å². The number of methoxy groups -OCH3 is 2. The largest absolute Gasteiger partial charge is 0.496 e. The second-order valence-corrected chi connectivity index (χ2v) is 12.7. The molecule has 0 saturated heterocycles. The number of carbonyl (C=O) groups is 1. The lowest BCUT2D eigenvalue weighted by atomic mass is 9.70. The molecule has 196 valence electrons. The minimum atomic E-state index is -4.72. The van der Waals surface area contributed by atoms with E-state index in [0.29, 0.717) is 50.1 Å². The third kappa shape index (κ3) is 6.21. The van der Waals surface area contributed by atoms with E-state index in [9.17, 15) is 26.4 Å². The van der Waals surface area contributed by atoms with Crippen molar-refractivity contribution in [2.24, 2.45) is 17.3 Å². The summed E-state index contributed by atoms with van der Waals surface area (Å²) < 4.78 is 75.2. The molecule has 0 unspecified atom stereocenters. The summed E-state index contributed by atoms with van der Waals surface area (Å²) in [7, 11) is -0.779. The second-order valence-electron chi connectivity index (χ2n) is 10.4. The molecular weight excluding hydrogens is 485 g/mol. The molecule has 7 nitrogen and oxygen atoms in total. The van der Waals surface area contributed by atoms with Gasteiger partial charge in [0.15, 0.2) is 15.5 Å². The molecule has 3 aliphatic rings. The Morgan fingerprint density at radius 1 is 1.09 bits per heavy atom. The normalized spacial score (nSPS) is 25.2. The molecule has 1 aromatic heterocycles. The summed E-state index contributed by atoms with van der Waals surface area (Å²) in [5.41, 5.74) is -1.63. The van der Waals surface area contributed by atoms with Crippen LogP contribution in [0.15, 0.2) is 6.07 Å². The number of amides is 1. The Hall–Kier alpha value is -2.04. The number of hydrogen-bond acceptors (Lipinski definition) is 6. The molecule has 1 N–H and O–H groups in total. The molecule has 1 heterocycles. The first kappa shape index (κ1) is 26.0. The standard InChI is InChI=1S/C24H33F3N2O5S/c1-33-18-11-19(24(25,26)27)29-22(34-2)20(18)21(30)28-14-23(12-15-3-4-15)9-7-17(8-10-23)35(31,32)13-16-5-6-16/h11,15-17H,3-10,12-14H2,1-2H3,(H,28,30)/t17-,23+. The van der Waals surface area contributed by atoms with Crippen molar-refractivity contribution in [3.8, 4) is 11.6 Å². The summed E-state index contributed by atoms with van der Waals surface area (Å²) in [5.74, 6) is -0.181.